The molecule has 1 heterocycles. The summed E-state index contributed by atoms with van der Waals surface area (Å²) < 4.78 is 25.9. The highest BCUT2D eigenvalue weighted by Crippen LogP contribution is 2.43. The third-order valence-corrected chi connectivity index (χ3v) is 6.55. The van der Waals surface area contributed by atoms with Crippen LogP contribution in [0.1, 0.15) is 23.5 Å². The van der Waals surface area contributed by atoms with Crippen molar-refractivity contribution >= 4 is 21.3 Å². The van der Waals surface area contributed by atoms with E-state index in [-0.39, 0.29) is 11.3 Å². The second-order valence-electron chi connectivity index (χ2n) is 5.87. The number of benzene rings is 2. The standard InChI is InChI=1S/C19H16N2O3S/c20-12-17-15(13-7-3-1-4-8-13)11-16(14-9-5-2-6-10-14)18(19(21)22)25(17,23)24/h1-10,16,18H,11H2,(H2,21,22). The van der Waals surface area contributed by atoms with E-state index in [0.29, 0.717) is 16.7 Å². The number of carbonyl (C=O) groups is 1. The molecule has 1 amide bonds. The van der Waals surface area contributed by atoms with E-state index < -0.39 is 26.9 Å². The minimum absolute atomic E-state index is 0.254. The van der Waals surface area contributed by atoms with Crippen LogP contribution in [0.15, 0.2) is 65.6 Å². The zero-order chi connectivity index (χ0) is 18.0. The molecule has 2 aromatic carbocycles. The molecule has 0 aliphatic carbocycles. The first-order chi connectivity index (χ1) is 12.0. The van der Waals surface area contributed by atoms with Crippen LogP contribution in [0.5, 0.6) is 0 Å². The molecule has 126 valence electrons. The molecule has 25 heavy (non-hydrogen) atoms. The van der Waals surface area contributed by atoms with Crippen LogP contribution < -0.4 is 5.73 Å². The number of amides is 1. The van der Waals surface area contributed by atoms with Gasteiger partial charge in [0, 0.05) is 5.92 Å². The summed E-state index contributed by atoms with van der Waals surface area (Å²) in [5.74, 6) is -1.57. The molecule has 0 fully saturated rings. The molecule has 6 heteroatoms. The van der Waals surface area contributed by atoms with Crippen LogP contribution in [-0.4, -0.2) is 19.6 Å². The van der Waals surface area contributed by atoms with Crippen molar-refractivity contribution in [2.24, 2.45) is 5.73 Å². The van der Waals surface area contributed by atoms with Crippen LogP contribution in [0.2, 0.25) is 0 Å². The zero-order valence-corrected chi connectivity index (χ0v) is 14.1. The Balaban J connectivity index is 2.26. The van der Waals surface area contributed by atoms with E-state index in [2.05, 4.69) is 0 Å². The summed E-state index contributed by atoms with van der Waals surface area (Å²) in [6, 6.07) is 19.6. The third kappa shape index (κ3) is 2.94. The number of nitrogens with zero attached hydrogens (tertiary/aromatic N) is 1. The molecule has 0 saturated carbocycles. The Morgan fingerprint density at radius 1 is 1.04 bits per heavy atom. The van der Waals surface area contributed by atoms with Crippen molar-refractivity contribution in [2.75, 3.05) is 0 Å². The molecule has 0 spiro atoms. The second kappa shape index (κ2) is 6.54. The van der Waals surface area contributed by atoms with Crippen LogP contribution in [0.3, 0.4) is 0 Å². The van der Waals surface area contributed by atoms with E-state index >= 15 is 0 Å². The van der Waals surface area contributed by atoms with Gasteiger partial charge in [0.1, 0.15) is 11.0 Å². The van der Waals surface area contributed by atoms with Gasteiger partial charge in [0.15, 0.2) is 5.25 Å². The summed E-state index contributed by atoms with van der Waals surface area (Å²) in [6.45, 7) is 0. The van der Waals surface area contributed by atoms with Crippen LogP contribution in [0, 0.1) is 11.3 Å². The van der Waals surface area contributed by atoms with Crippen LogP contribution in [-0.2, 0) is 14.6 Å². The van der Waals surface area contributed by atoms with Crippen LogP contribution in [0.4, 0.5) is 0 Å². The predicted octanol–water partition coefficient (Wildman–Crippen LogP) is 2.38. The molecule has 1 aliphatic heterocycles. The maximum absolute atomic E-state index is 13.0. The number of carbonyl (C=O) groups excluding carboxylic acids is 1. The van der Waals surface area contributed by atoms with Crippen LogP contribution >= 0.6 is 0 Å². The SMILES string of the molecule is N#CC1=C(c2ccccc2)CC(c2ccccc2)C(C(N)=O)S1(=O)=O. The second-order valence-corrected chi connectivity index (χ2v) is 7.88. The molecule has 0 bridgehead atoms. The van der Waals surface area contributed by atoms with E-state index in [1.54, 1.807) is 54.6 Å². The summed E-state index contributed by atoms with van der Waals surface area (Å²) in [5, 5.41) is 8.03. The number of hydrogen-bond donors (Lipinski definition) is 1. The number of hydrogen-bond acceptors (Lipinski definition) is 4. The number of nitriles is 1. The number of nitrogens with two attached hydrogens (primary N) is 1. The number of allylic oxidation sites excluding steroid dienone is 2. The summed E-state index contributed by atoms with van der Waals surface area (Å²) >= 11 is 0. The monoisotopic (exact) mass is 352 g/mol. The topological polar surface area (TPSA) is 101 Å². The molecule has 0 aromatic heterocycles. The lowest BCUT2D eigenvalue weighted by Crippen LogP contribution is -2.43. The maximum atomic E-state index is 13.0. The maximum Gasteiger partial charge on any atom is 0.236 e. The number of sulfone groups is 1. The Hall–Kier alpha value is -2.91. The van der Waals surface area contributed by atoms with E-state index in [4.69, 9.17) is 5.73 Å². The molecule has 2 aromatic rings. The lowest BCUT2D eigenvalue weighted by atomic mass is 9.85. The first-order valence-corrected chi connectivity index (χ1v) is 9.28. The third-order valence-electron chi connectivity index (χ3n) is 4.41. The van der Waals surface area contributed by atoms with Gasteiger partial charge in [-0.2, -0.15) is 5.26 Å². The van der Waals surface area contributed by atoms with Crippen molar-refractivity contribution in [1.82, 2.24) is 0 Å². The number of primary amides is 1. The molecule has 5 nitrogen and oxygen atoms in total. The predicted molar refractivity (Wildman–Crippen MR) is 94.7 cm³/mol. The van der Waals surface area contributed by atoms with E-state index in [9.17, 15) is 18.5 Å². The van der Waals surface area contributed by atoms with Gasteiger partial charge in [0.05, 0.1) is 0 Å². The quantitative estimate of drug-likeness (QED) is 0.916. The van der Waals surface area contributed by atoms with Gasteiger partial charge in [-0.05, 0) is 23.1 Å². The molecular formula is C19H16N2O3S. The Morgan fingerprint density at radius 2 is 1.60 bits per heavy atom. The Bertz CT molecular complexity index is 974. The van der Waals surface area contributed by atoms with Crippen molar-refractivity contribution in [3.63, 3.8) is 0 Å². The molecule has 0 saturated heterocycles. The fourth-order valence-electron chi connectivity index (χ4n) is 3.30. The summed E-state index contributed by atoms with van der Waals surface area (Å²) in [6.07, 6.45) is 0.254. The fourth-order valence-corrected chi connectivity index (χ4v) is 5.22. The fraction of sp³-hybridized carbons (Fsp3) is 0.158. The zero-order valence-electron chi connectivity index (χ0n) is 13.3. The van der Waals surface area contributed by atoms with E-state index in [1.165, 1.54) is 0 Å². The van der Waals surface area contributed by atoms with Crippen molar-refractivity contribution in [2.45, 2.75) is 17.6 Å². The van der Waals surface area contributed by atoms with E-state index in [1.807, 2.05) is 12.1 Å². The van der Waals surface area contributed by atoms with Gasteiger partial charge in [-0.15, -0.1) is 0 Å². The van der Waals surface area contributed by atoms with Gasteiger partial charge >= 0.3 is 0 Å². The molecule has 2 N–H and O–H groups in total. The highest BCUT2D eigenvalue weighted by atomic mass is 32.2. The lowest BCUT2D eigenvalue weighted by molar-refractivity contribution is -0.118. The van der Waals surface area contributed by atoms with Crippen molar-refractivity contribution in [3.05, 3.63) is 76.7 Å². The molecule has 1 aliphatic rings. The number of rotatable bonds is 3. The van der Waals surface area contributed by atoms with Crippen molar-refractivity contribution in [3.8, 4) is 6.07 Å². The summed E-state index contributed by atoms with van der Waals surface area (Å²) in [7, 11) is -4.16. The highest BCUT2D eigenvalue weighted by Gasteiger charge is 2.46. The average molecular weight is 352 g/mol. The van der Waals surface area contributed by atoms with Crippen molar-refractivity contribution < 1.29 is 13.2 Å². The van der Waals surface area contributed by atoms with Gasteiger partial charge < -0.3 is 5.73 Å². The molecule has 2 atom stereocenters. The average Bonchev–Trinajstić information content (AvgIpc) is 2.61. The minimum atomic E-state index is -4.16. The van der Waals surface area contributed by atoms with Gasteiger partial charge in [-0.3, -0.25) is 4.79 Å². The largest absolute Gasteiger partial charge is 0.369 e. The Morgan fingerprint density at radius 3 is 2.12 bits per heavy atom. The lowest BCUT2D eigenvalue weighted by Gasteiger charge is -2.31. The first kappa shape index (κ1) is 16.9. The smallest absolute Gasteiger partial charge is 0.236 e. The summed E-state index contributed by atoms with van der Waals surface area (Å²) in [4.78, 5) is 11.6. The minimum Gasteiger partial charge on any atom is -0.369 e. The van der Waals surface area contributed by atoms with Gasteiger partial charge in [0.25, 0.3) is 0 Å². The highest BCUT2D eigenvalue weighted by molar-refractivity contribution is 7.97. The summed E-state index contributed by atoms with van der Waals surface area (Å²) in [5.41, 5.74) is 7.21. The molecular weight excluding hydrogens is 336 g/mol. The van der Waals surface area contributed by atoms with Crippen LogP contribution in [0.25, 0.3) is 5.57 Å². The molecule has 3 rings (SSSR count). The molecule has 0 radical (unpaired) electrons. The van der Waals surface area contributed by atoms with Gasteiger partial charge in [0.2, 0.25) is 15.7 Å². The van der Waals surface area contributed by atoms with E-state index in [0.717, 1.165) is 0 Å². The Kier molecular flexibility index (Phi) is 4.43. The first-order valence-electron chi connectivity index (χ1n) is 7.73. The van der Waals surface area contributed by atoms with Crippen molar-refractivity contribution in [1.29, 1.82) is 5.26 Å². The van der Waals surface area contributed by atoms with Gasteiger partial charge in [-0.25, -0.2) is 8.42 Å². The normalized spacial score (nSPS) is 22.2. The van der Waals surface area contributed by atoms with Gasteiger partial charge in [-0.1, -0.05) is 60.7 Å². The Labute approximate surface area is 146 Å². The molecule has 2 unspecified atom stereocenters.